The van der Waals surface area contributed by atoms with Crippen LogP contribution in [0, 0.1) is 0 Å². The number of carbonyl (C=O) groups excluding carboxylic acids is 2. The van der Waals surface area contributed by atoms with Crippen LogP contribution in [0.5, 0.6) is 5.75 Å². The van der Waals surface area contributed by atoms with E-state index >= 15 is 0 Å². The maximum atomic E-state index is 12.5. The maximum absolute atomic E-state index is 12.5. The van der Waals surface area contributed by atoms with Crippen molar-refractivity contribution in [3.05, 3.63) is 36.2 Å². The Morgan fingerprint density at radius 1 is 1.50 bits per heavy atom. The molecular weight excluding hydrogens is 310 g/mol. The number of carbonyl (C=O) groups is 2. The zero-order valence-electron chi connectivity index (χ0n) is 13.4. The molecule has 0 spiro atoms. The monoisotopic (exact) mass is 329 g/mol. The minimum absolute atomic E-state index is 0.134. The van der Waals surface area contributed by atoms with Crippen LogP contribution in [0.4, 0.5) is 5.69 Å². The first-order valence-corrected chi connectivity index (χ1v) is 7.77. The Hall–Kier alpha value is -2.90. The molecule has 1 aromatic carbocycles. The van der Waals surface area contributed by atoms with Gasteiger partial charge in [0.05, 0.1) is 19.2 Å². The van der Waals surface area contributed by atoms with Gasteiger partial charge in [0.15, 0.2) is 0 Å². The third-order valence-corrected chi connectivity index (χ3v) is 3.95. The summed E-state index contributed by atoms with van der Waals surface area (Å²) in [7, 11) is 1.57. The van der Waals surface area contributed by atoms with E-state index in [1.165, 1.54) is 0 Å². The Kier molecular flexibility index (Phi) is 4.74. The molecule has 0 fully saturated rings. The Balaban J connectivity index is 1.63. The Morgan fingerprint density at radius 3 is 3.12 bits per heavy atom. The van der Waals surface area contributed by atoms with Gasteiger partial charge in [0.25, 0.3) is 0 Å². The van der Waals surface area contributed by atoms with Gasteiger partial charge in [-0.25, -0.2) is 0 Å². The highest BCUT2D eigenvalue weighted by Crippen LogP contribution is 2.34. The second-order valence-corrected chi connectivity index (χ2v) is 5.57. The van der Waals surface area contributed by atoms with Gasteiger partial charge in [0, 0.05) is 31.4 Å². The third kappa shape index (κ3) is 3.53. The van der Waals surface area contributed by atoms with Crippen molar-refractivity contribution >= 4 is 17.5 Å². The molecule has 0 radical (unpaired) electrons. The van der Waals surface area contributed by atoms with E-state index in [2.05, 4.69) is 20.9 Å². The number of hydrogen-bond donors (Lipinski definition) is 2. The van der Waals surface area contributed by atoms with Crippen molar-refractivity contribution < 1.29 is 14.3 Å². The molecule has 0 bridgehead atoms. The van der Waals surface area contributed by atoms with E-state index in [0.29, 0.717) is 24.5 Å². The standard InChI is InChI=1S/C16H19N5O3/c1-24-11-3-4-14-12(9-11)13(10-15(22)19-14)16(23)17-5-2-7-21-8-6-18-20-21/h3-4,6,8-9,13H,2,5,7,10H2,1H3,(H,17,23)(H,19,22)/t13-/m0/s1. The zero-order chi connectivity index (χ0) is 16.9. The van der Waals surface area contributed by atoms with Crippen LogP contribution in [0.2, 0.25) is 0 Å². The normalized spacial score (nSPS) is 16.2. The van der Waals surface area contributed by atoms with Crippen LogP contribution in [0.3, 0.4) is 0 Å². The fourth-order valence-electron chi connectivity index (χ4n) is 2.73. The van der Waals surface area contributed by atoms with E-state index in [0.717, 1.165) is 12.0 Å². The molecular formula is C16H19N5O3. The highest BCUT2D eigenvalue weighted by Gasteiger charge is 2.30. The molecule has 3 rings (SSSR count). The summed E-state index contributed by atoms with van der Waals surface area (Å²) in [5.41, 5.74) is 1.44. The average molecular weight is 329 g/mol. The van der Waals surface area contributed by atoms with Crippen molar-refractivity contribution in [3.63, 3.8) is 0 Å². The van der Waals surface area contributed by atoms with E-state index in [1.807, 2.05) is 0 Å². The summed E-state index contributed by atoms with van der Waals surface area (Å²) in [6, 6.07) is 5.32. The molecule has 8 nitrogen and oxygen atoms in total. The summed E-state index contributed by atoms with van der Waals surface area (Å²) in [6.07, 6.45) is 4.26. The lowest BCUT2D eigenvalue weighted by molar-refractivity contribution is -0.126. The van der Waals surface area contributed by atoms with Gasteiger partial charge in [0.1, 0.15) is 5.75 Å². The molecule has 2 heterocycles. The van der Waals surface area contributed by atoms with Crippen molar-refractivity contribution in [2.45, 2.75) is 25.3 Å². The summed E-state index contributed by atoms with van der Waals surface area (Å²) < 4.78 is 6.92. The largest absolute Gasteiger partial charge is 0.497 e. The van der Waals surface area contributed by atoms with Gasteiger partial charge >= 0.3 is 0 Å². The highest BCUT2D eigenvalue weighted by molar-refractivity contribution is 6.01. The van der Waals surface area contributed by atoms with Crippen LogP contribution in [-0.2, 0) is 16.1 Å². The lowest BCUT2D eigenvalue weighted by Crippen LogP contribution is -2.35. The van der Waals surface area contributed by atoms with E-state index in [1.54, 1.807) is 42.4 Å². The lowest BCUT2D eigenvalue weighted by atomic mass is 9.89. The SMILES string of the molecule is COc1ccc2c(c1)[C@@H](C(=O)NCCCn1ccnn1)CC(=O)N2. The lowest BCUT2D eigenvalue weighted by Gasteiger charge is -2.25. The fraction of sp³-hybridized carbons (Fsp3) is 0.375. The van der Waals surface area contributed by atoms with Crippen molar-refractivity contribution in [2.24, 2.45) is 0 Å². The number of amides is 2. The van der Waals surface area contributed by atoms with Gasteiger partial charge < -0.3 is 15.4 Å². The number of methoxy groups -OCH3 is 1. The molecule has 0 saturated carbocycles. The van der Waals surface area contributed by atoms with E-state index < -0.39 is 5.92 Å². The van der Waals surface area contributed by atoms with Crippen LogP contribution < -0.4 is 15.4 Å². The smallest absolute Gasteiger partial charge is 0.228 e. The van der Waals surface area contributed by atoms with E-state index in [4.69, 9.17) is 4.74 Å². The number of ether oxygens (including phenoxy) is 1. The maximum Gasteiger partial charge on any atom is 0.228 e. The molecule has 1 aromatic heterocycles. The molecule has 1 aliphatic rings. The zero-order valence-corrected chi connectivity index (χ0v) is 13.4. The molecule has 8 heteroatoms. The van der Waals surface area contributed by atoms with Gasteiger partial charge in [-0.3, -0.25) is 14.3 Å². The Labute approximate surface area is 139 Å². The topological polar surface area (TPSA) is 98.1 Å². The van der Waals surface area contributed by atoms with Gasteiger partial charge in [-0.15, -0.1) is 5.10 Å². The van der Waals surface area contributed by atoms with Crippen LogP contribution in [0.25, 0.3) is 0 Å². The number of benzene rings is 1. The van der Waals surface area contributed by atoms with Gasteiger partial charge in [-0.2, -0.15) is 0 Å². The predicted molar refractivity (Wildman–Crippen MR) is 86.6 cm³/mol. The van der Waals surface area contributed by atoms with Crippen molar-refractivity contribution in [1.29, 1.82) is 0 Å². The molecule has 24 heavy (non-hydrogen) atoms. The fourth-order valence-corrected chi connectivity index (χ4v) is 2.73. The number of rotatable bonds is 6. The number of anilines is 1. The first kappa shape index (κ1) is 16.0. The first-order chi connectivity index (χ1) is 11.7. The first-order valence-electron chi connectivity index (χ1n) is 7.77. The average Bonchev–Trinajstić information content (AvgIpc) is 3.10. The Bertz CT molecular complexity index is 729. The third-order valence-electron chi connectivity index (χ3n) is 3.95. The second-order valence-electron chi connectivity index (χ2n) is 5.57. The molecule has 2 aromatic rings. The number of fused-ring (bicyclic) bond motifs is 1. The summed E-state index contributed by atoms with van der Waals surface area (Å²) in [4.78, 5) is 24.3. The van der Waals surface area contributed by atoms with E-state index in [9.17, 15) is 9.59 Å². The van der Waals surface area contributed by atoms with Gasteiger partial charge in [-0.05, 0) is 30.2 Å². The minimum Gasteiger partial charge on any atom is -0.497 e. The quantitative estimate of drug-likeness (QED) is 0.768. The van der Waals surface area contributed by atoms with Crippen LogP contribution in [0.1, 0.15) is 24.3 Å². The molecule has 2 amide bonds. The number of aryl methyl sites for hydroxylation is 1. The summed E-state index contributed by atoms with van der Waals surface area (Å²) >= 11 is 0. The second kappa shape index (κ2) is 7.12. The molecule has 2 N–H and O–H groups in total. The summed E-state index contributed by atoms with van der Waals surface area (Å²) in [6.45, 7) is 1.19. The van der Waals surface area contributed by atoms with Crippen molar-refractivity contribution in [2.75, 3.05) is 19.0 Å². The summed E-state index contributed by atoms with van der Waals surface area (Å²) in [5.74, 6) is -0.155. The van der Waals surface area contributed by atoms with Crippen LogP contribution in [0.15, 0.2) is 30.6 Å². The summed E-state index contributed by atoms with van der Waals surface area (Å²) in [5, 5.41) is 13.3. The Morgan fingerprint density at radius 2 is 2.38 bits per heavy atom. The van der Waals surface area contributed by atoms with Crippen molar-refractivity contribution in [1.82, 2.24) is 20.3 Å². The van der Waals surface area contributed by atoms with Crippen molar-refractivity contribution in [3.8, 4) is 5.75 Å². The molecule has 0 aliphatic carbocycles. The molecule has 1 atom stereocenters. The minimum atomic E-state index is -0.504. The predicted octanol–water partition coefficient (Wildman–Crippen LogP) is 0.919. The number of nitrogens with one attached hydrogen (secondary N) is 2. The number of hydrogen-bond acceptors (Lipinski definition) is 5. The van der Waals surface area contributed by atoms with Crippen LogP contribution >= 0.6 is 0 Å². The van der Waals surface area contributed by atoms with Gasteiger partial charge in [-0.1, -0.05) is 5.21 Å². The number of aromatic nitrogens is 3. The molecule has 126 valence electrons. The van der Waals surface area contributed by atoms with E-state index in [-0.39, 0.29) is 18.2 Å². The molecule has 0 saturated heterocycles. The number of nitrogens with zero attached hydrogens (tertiary/aromatic N) is 3. The molecule has 0 unspecified atom stereocenters. The van der Waals surface area contributed by atoms with Crippen LogP contribution in [-0.4, -0.2) is 40.5 Å². The highest BCUT2D eigenvalue weighted by atomic mass is 16.5. The molecule has 1 aliphatic heterocycles. The van der Waals surface area contributed by atoms with Gasteiger partial charge in [0.2, 0.25) is 11.8 Å².